The predicted molar refractivity (Wildman–Crippen MR) is 89.4 cm³/mol. The standard InChI is InChI=1S/C15H21ClN2O3S/c1-3-17-14-5-4-12(16)10-13(14)15(19)18-7-6-11(2)22(20,21)9-8-18/h4-5,10-11,17H,3,6-9H2,1-2H3/t11-/m1/s1. The summed E-state index contributed by atoms with van der Waals surface area (Å²) in [6.45, 7) is 5.00. The van der Waals surface area contributed by atoms with E-state index in [1.165, 1.54) is 0 Å². The highest BCUT2D eigenvalue weighted by molar-refractivity contribution is 7.92. The van der Waals surface area contributed by atoms with Crippen LogP contribution in [-0.4, -0.2) is 49.9 Å². The number of carbonyl (C=O) groups is 1. The molecule has 0 saturated carbocycles. The second kappa shape index (κ2) is 6.87. The van der Waals surface area contributed by atoms with E-state index in [4.69, 9.17) is 11.6 Å². The number of hydrogen-bond donors (Lipinski definition) is 1. The number of halogens is 1. The van der Waals surface area contributed by atoms with Gasteiger partial charge in [0.15, 0.2) is 9.84 Å². The number of rotatable bonds is 3. The molecule has 22 heavy (non-hydrogen) atoms. The van der Waals surface area contributed by atoms with Crippen molar-refractivity contribution in [3.63, 3.8) is 0 Å². The average Bonchev–Trinajstić information content (AvgIpc) is 2.60. The van der Waals surface area contributed by atoms with Gasteiger partial charge in [0, 0.05) is 30.3 Å². The fourth-order valence-corrected chi connectivity index (χ4v) is 3.99. The van der Waals surface area contributed by atoms with Crippen molar-refractivity contribution in [1.82, 2.24) is 4.90 Å². The normalized spacial score (nSPS) is 21.2. The maximum Gasteiger partial charge on any atom is 0.256 e. The third-order valence-electron chi connectivity index (χ3n) is 3.93. The van der Waals surface area contributed by atoms with Gasteiger partial charge in [-0.25, -0.2) is 8.42 Å². The molecule has 1 aromatic carbocycles. The molecule has 5 nitrogen and oxygen atoms in total. The van der Waals surface area contributed by atoms with Crippen molar-refractivity contribution in [3.8, 4) is 0 Å². The molecule has 1 saturated heterocycles. The Balaban J connectivity index is 2.26. The van der Waals surface area contributed by atoms with E-state index in [1.54, 1.807) is 30.0 Å². The van der Waals surface area contributed by atoms with Crippen LogP contribution in [0.3, 0.4) is 0 Å². The summed E-state index contributed by atoms with van der Waals surface area (Å²) in [5.41, 5.74) is 1.21. The second-order valence-corrected chi connectivity index (χ2v) is 8.45. The zero-order chi connectivity index (χ0) is 16.3. The fraction of sp³-hybridized carbons (Fsp3) is 0.533. The van der Waals surface area contributed by atoms with Gasteiger partial charge in [0.1, 0.15) is 0 Å². The topological polar surface area (TPSA) is 66.5 Å². The molecule has 1 heterocycles. The number of sulfone groups is 1. The number of anilines is 1. The van der Waals surface area contributed by atoms with Gasteiger partial charge in [-0.3, -0.25) is 4.79 Å². The van der Waals surface area contributed by atoms with E-state index in [-0.39, 0.29) is 18.2 Å². The Kier molecular flexibility index (Phi) is 5.34. The molecule has 0 spiro atoms. The van der Waals surface area contributed by atoms with E-state index >= 15 is 0 Å². The Morgan fingerprint density at radius 3 is 2.82 bits per heavy atom. The lowest BCUT2D eigenvalue weighted by Crippen LogP contribution is -2.34. The number of benzene rings is 1. The lowest BCUT2D eigenvalue weighted by molar-refractivity contribution is 0.0768. The highest BCUT2D eigenvalue weighted by Crippen LogP contribution is 2.23. The summed E-state index contributed by atoms with van der Waals surface area (Å²) in [5, 5.41) is 3.22. The van der Waals surface area contributed by atoms with Crippen molar-refractivity contribution in [3.05, 3.63) is 28.8 Å². The predicted octanol–water partition coefficient (Wildman–Crippen LogP) is 2.42. The summed E-state index contributed by atoms with van der Waals surface area (Å²) in [5.74, 6) is -0.167. The molecule has 0 unspecified atom stereocenters. The smallest absolute Gasteiger partial charge is 0.256 e. The molecule has 1 aliphatic rings. The third-order valence-corrected chi connectivity index (χ3v) is 6.38. The summed E-state index contributed by atoms with van der Waals surface area (Å²) in [6, 6.07) is 5.13. The van der Waals surface area contributed by atoms with Gasteiger partial charge in [-0.2, -0.15) is 0 Å². The molecule has 0 radical (unpaired) electrons. The van der Waals surface area contributed by atoms with Gasteiger partial charge >= 0.3 is 0 Å². The molecule has 0 aliphatic carbocycles. The number of nitrogens with one attached hydrogen (secondary N) is 1. The van der Waals surface area contributed by atoms with Crippen molar-refractivity contribution < 1.29 is 13.2 Å². The number of nitrogens with zero attached hydrogens (tertiary/aromatic N) is 1. The Bertz CT molecular complexity index is 661. The highest BCUT2D eigenvalue weighted by atomic mass is 35.5. The summed E-state index contributed by atoms with van der Waals surface area (Å²) in [6.07, 6.45) is 0.463. The van der Waals surface area contributed by atoms with Crippen molar-refractivity contribution in [1.29, 1.82) is 0 Å². The molecule has 1 atom stereocenters. The second-order valence-electron chi connectivity index (χ2n) is 5.48. The van der Waals surface area contributed by atoms with Crippen LogP contribution in [0.4, 0.5) is 5.69 Å². The van der Waals surface area contributed by atoms with Crippen LogP contribution in [0, 0.1) is 0 Å². The zero-order valence-electron chi connectivity index (χ0n) is 12.8. The molecule has 1 aromatic rings. The molecule has 1 aliphatic heterocycles. The minimum atomic E-state index is -3.11. The van der Waals surface area contributed by atoms with Crippen LogP contribution >= 0.6 is 11.6 Å². The van der Waals surface area contributed by atoms with Gasteiger partial charge in [0.25, 0.3) is 5.91 Å². The van der Waals surface area contributed by atoms with Crippen molar-refractivity contribution in [2.24, 2.45) is 0 Å². The maximum atomic E-state index is 12.8. The first-order valence-electron chi connectivity index (χ1n) is 7.39. The van der Waals surface area contributed by atoms with E-state index in [0.717, 1.165) is 5.69 Å². The summed E-state index contributed by atoms with van der Waals surface area (Å²) in [7, 11) is -3.11. The minimum absolute atomic E-state index is 0.0109. The zero-order valence-corrected chi connectivity index (χ0v) is 14.4. The lowest BCUT2D eigenvalue weighted by Gasteiger charge is -2.22. The first-order valence-corrected chi connectivity index (χ1v) is 9.48. The van der Waals surface area contributed by atoms with Crippen LogP contribution in [-0.2, 0) is 9.84 Å². The van der Waals surface area contributed by atoms with Gasteiger partial charge in [0.05, 0.1) is 16.6 Å². The van der Waals surface area contributed by atoms with Gasteiger partial charge in [-0.15, -0.1) is 0 Å². The number of amides is 1. The van der Waals surface area contributed by atoms with E-state index in [0.29, 0.717) is 30.1 Å². The Labute approximate surface area is 136 Å². The molecule has 7 heteroatoms. The van der Waals surface area contributed by atoms with Gasteiger partial charge in [-0.1, -0.05) is 11.6 Å². The summed E-state index contributed by atoms with van der Waals surface area (Å²) in [4.78, 5) is 14.4. The van der Waals surface area contributed by atoms with E-state index < -0.39 is 15.1 Å². The average molecular weight is 345 g/mol. The van der Waals surface area contributed by atoms with Crippen molar-refractivity contribution in [2.45, 2.75) is 25.5 Å². The summed E-state index contributed by atoms with van der Waals surface area (Å²) >= 11 is 6.01. The maximum absolute atomic E-state index is 12.8. The molecule has 1 amide bonds. The largest absolute Gasteiger partial charge is 0.385 e. The van der Waals surface area contributed by atoms with E-state index in [9.17, 15) is 13.2 Å². The SMILES string of the molecule is CCNc1ccc(Cl)cc1C(=O)N1CC[C@@H](C)S(=O)(=O)CC1. The van der Waals surface area contributed by atoms with Crippen LogP contribution < -0.4 is 5.32 Å². The molecule has 1 N–H and O–H groups in total. The Morgan fingerprint density at radius 1 is 1.41 bits per heavy atom. The Hall–Kier alpha value is -1.27. The minimum Gasteiger partial charge on any atom is -0.385 e. The lowest BCUT2D eigenvalue weighted by atomic mass is 10.1. The first-order chi connectivity index (χ1) is 10.3. The van der Waals surface area contributed by atoms with Crippen LogP contribution in [0.1, 0.15) is 30.6 Å². The fourth-order valence-electron chi connectivity index (χ4n) is 2.48. The van der Waals surface area contributed by atoms with Gasteiger partial charge in [-0.05, 0) is 38.5 Å². The number of carbonyl (C=O) groups excluding carboxylic acids is 1. The number of hydrogen-bond acceptors (Lipinski definition) is 4. The van der Waals surface area contributed by atoms with Crippen LogP contribution in [0.2, 0.25) is 5.02 Å². The van der Waals surface area contributed by atoms with Crippen LogP contribution in [0.25, 0.3) is 0 Å². The highest BCUT2D eigenvalue weighted by Gasteiger charge is 2.29. The third kappa shape index (κ3) is 3.73. The van der Waals surface area contributed by atoms with Crippen LogP contribution in [0.15, 0.2) is 18.2 Å². The van der Waals surface area contributed by atoms with E-state index in [2.05, 4.69) is 5.32 Å². The molecular weight excluding hydrogens is 324 g/mol. The molecule has 1 fully saturated rings. The molecular formula is C15H21ClN2O3S. The molecule has 2 rings (SSSR count). The quantitative estimate of drug-likeness (QED) is 0.914. The monoisotopic (exact) mass is 344 g/mol. The summed E-state index contributed by atoms with van der Waals surface area (Å²) < 4.78 is 23.9. The molecule has 0 bridgehead atoms. The van der Waals surface area contributed by atoms with Gasteiger partial charge < -0.3 is 10.2 Å². The Morgan fingerprint density at radius 2 is 2.14 bits per heavy atom. The van der Waals surface area contributed by atoms with Crippen molar-refractivity contribution in [2.75, 3.05) is 30.7 Å². The molecule has 0 aromatic heterocycles. The van der Waals surface area contributed by atoms with Gasteiger partial charge in [0.2, 0.25) is 0 Å². The first kappa shape index (κ1) is 17.1. The van der Waals surface area contributed by atoms with E-state index in [1.807, 2.05) is 6.92 Å². The van der Waals surface area contributed by atoms with Crippen LogP contribution in [0.5, 0.6) is 0 Å². The molecule has 122 valence electrons. The van der Waals surface area contributed by atoms with Crippen molar-refractivity contribution >= 4 is 33.0 Å².